The van der Waals surface area contributed by atoms with Gasteiger partial charge < -0.3 is 9.73 Å². The SMILES string of the molecule is Cc1ccc(NC(=O)CSc2nnc(C(c3ccccc3)c3ccccc3)o2)cc1Br. The van der Waals surface area contributed by atoms with Crippen LogP contribution in [0.1, 0.15) is 28.5 Å². The standard InChI is InChI=1S/C24H20BrN3O2S/c1-16-12-13-19(14-20(16)25)26-21(29)15-31-24-28-27-23(30-24)22(17-8-4-2-5-9-17)18-10-6-3-7-11-18/h2-14,22H,15H2,1H3,(H,26,29). The predicted octanol–water partition coefficient (Wildman–Crippen LogP) is 6.05. The summed E-state index contributed by atoms with van der Waals surface area (Å²) in [6, 6.07) is 25.8. The molecule has 0 aliphatic heterocycles. The van der Waals surface area contributed by atoms with Gasteiger partial charge in [-0.2, -0.15) is 0 Å². The van der Waals surface area contributed by atoms with Crippen molar-refractivity contribution in [3.8, 4) is 0 Å². The number of carbonyl (C=O) groups is 1. The molecule has 0 aliphatic rings. The van der Waals surface area contributed by atoms with Crippen molar-refractivity contribution in [3.63, 3.8) is 0 Å². The summed E-state index contributed by atoms with van der Waals surface area (Å²) >= 11 is 4.70. The van der Waals surface area contributed by atoms with E-state index in [9.17, 15) is 4.79 Å². The first-order valence-electron chi connectivity index (χ1n) is 9.72. The first kappa shape index (κ1) is 21.3. The Kier molecular flexibility index (Phi) is 6.84. The van der Waals surface area contributed by atoms with Crippen LogP contribution in [0.25, 0.3) is 0 Å². The van der Waals surface area contributed by atoms with Gasteiger partial charge in [-0.25, -0.2) is 0 Å². The van der Waals surface area contributed by atoms with Crippen LogP contribution in [0.3, 0.4) is 0 Å². The van der Waals surface area contributed by atoms with Crippen molar-refractivity contribution in [1.29, 1.82) is 0 Å². The average Bonchev–Trinajstić information content (AvgIpc) is 3.25. The summed E-state index contributed by atoms with van der Waals surface area (Å²) in [5, 5.41) is 11.7. The summed E-state index contributed by atoms with van der Waals surface area (Å²) in [4.78, 5) is 12.3. The van der Waals surface area contributed by atoms with E-state index in [2.05, 4.69) is 31.4 Å². The Hall–Kier alpha value is -2.90. The quantitative estimate of drug-likeness (QED) is 0.317. The molecule has 1 aromatic heterocycles. The highest BCUT2D eigenvalue weighted by molar-refractivity contribution is 9.10. The average molecular weight is 494 g/mol. The lowest BCUT2D eigenvalue weighted by Crippen LogP contribution is -2.14. The van der Waals surface area contributed by atoms with Crippen LogP contribution in [0.15, 0.2) is 93.0 Å². The second kappa shape index (κ2) is 9.94. The number of anilines is 1. The van der Waals surface area contributed by atoms with E-state index >= 15 is 0 Å². The number of hydrogen-bond acceptors (Lipinski definition) is 5. The molecule has 0 unspecified atom stereocenters. The molecule has 0 aliphatic carbocycles. The van der Waals surface area contributed by atoms with Crippen LogP contribution < -0.4 is 5.32 Å². The van der Waals surface area contributed by atoms with Gasteiger partial charge in [0.2, 0.25) is 11.8 Å². The van der Waals surface area contributed by atoms with E-state index in [0.29, 0.717) is 11.1 Å². The number of rotatable bonds is 7. The zero-order valence-electron chi connectivity index (χ0n) is 16.8. The number of thioether (sulfide) groups is 1. The second-order valence-electron chi connectivity index (χ2n) is 6.96. The number of nitrogens with zero attached hydrogens (tertiary/aromatic N) is 2. The van der Waals surface area contributed by atoms with Crippen LogP contribution in [0, 0.1) is 6.92 Å². The Morgan fingerprint density at radius 1 is 1.00 bits per heavy atom. The summed E-state index contributed by atoms with van der Waals surface area (Å²) < 4.78 is 6.89. The highest BCUT2D eigenvalue weighted by Gasteiger charge is 2.23. The molecule has 0 saturated heterocycles. The Bertz CT molecular complexity index is 1130. The Morgan fingerprint density at radius 2 is 1.65 bits per heavy atom. The van der Waals surface area contributed by atoms with Gasteiger partial charge in [-0.15, -0.1) is 10.2 Å². The third-order valence-corrected chi connectivity index (χ3v) is 6.39. The zero-order chi connectivity index (χ0) is 21.6. The fourth-order valence-corrected chi connectivity index (χ4v) is 4.11. The molecule has 1 N–H and O–H groups in total. The van der Waals surface area contributed by atoms with Crippen molar-refractivity contribution in [3.05, 3.63) is 106 Å². The third kappa shape index (κ3) is 5.42. The van der Waals surface area contributed by atoms with Crippen molar-refractivity contribution in [2.24, 2.45) is 0 Å². The highest BCUT2D eigenvalue weighted by atomic mass is 79.9. The number of aromatic nitrogens is 2. The normalized spacial score (nSPS) is 10.9. The van der Waals surface area contributed by atoms with Gasteiger partial charge in [-0.05, 0) is 35.7 Å². The Morgan fingerprint density at radius 3 is 2.26 bits per heavy atom. The fourth-order valence-electron chi connectivity index (χ4n) is 3.16. The van der Waals surface area contributed by atoms with E-state index in [1.807, 2.05) is 85.8 Å². The summed E-state index contributed by atoms with van der Waals surface area (Å²) in [5.74, 6) is 0.378. The fraction of sp³-hybridized carbons (Fsp3) is 0.125. The van der Waals surface area contributed by atoms with E-state index in [1.54, 1.807) is 0 Å². The molecule has 0 spiro atoms. The molecule has 4 aromatic rings. The lowest BCUT2D eigenvalue weighted by Gasteiger charge is -2.13. The maximum Gasteiger partial charge on any atom is 0.277 e. The molecule has 4 rings (SSSR count). The number of carbonyl (C=O) groups excluding carboxylic acids is 1. The molecule has 7 heteroatoms. The van der Waals surface area contributed by atoms with E-state index in [1.165, 1.54) is 11.8 Å². The maximum absolute atomic E-state index is 12.3. The van der Waals surface area contributed by atoms with Gasteiger partial charge in [0.25, 0.3) is 5.22 Å². The maximum atomic E-state index is 12.3. The predicted molar refractivity (Wildman–Crippen MR) is 126 cm³/mol. The third-order valence-electron chi connectivity index (χ3n) is 4.72. The van der Waals surface area contributed by atoms with Crippen molar-refractivity contribution < 1.29 is 9.21 Å². The van der Waals surface area contributed by atoms with Gasteiger partial charge in [0, 0.05) is 10.2 Å². The molecule has 0 bridgehead atoms. The van der Waals surface area contributed by atoms with Gasteiger partial charge in [-0.1, -0.05) is 94.4 Å². The number of hydrogen-bond donors (Lipinski definition) is 1. The number of nitrogens with one attached hydrogen (secondary N) is 1. The van der Waals surface area contributed by atoms with Crippen LogP contribution in [0.2, 0.25) is 0 Å². The molecule has 0 fully saturated rings. The monoisotopic (exact) mass is 493 g/mol. The van der Waals surface area contributed by atoms with Crippen LogP contribution in [-0.4, -0.2) is 21.9 Å². The topological polar surface area (TPSA) is 68.0 Å². The molecule has 5 nitrogen and oxygen atoms in total. The second-order valence-corrected chi connectivity index (χ2v) is 8.74. The number of aryl methyl sites for hydroxylation is 1. The first-order chi connectivity index (χ1) is 15.1. The smallest absolute Gasteiger partial charge is 0.277 e. The molecule has 3 aromatic carbocycles. The van der Waals surface area contributed by atoms with Gasteiger partial charge in [0.05, 0.1) is 11.7 Å². The van der Waals surface area contributed by atoms with Crippen molar-refractivity contribution >= 4 is 39.3 Å². The molecule has 31 heavy (non-hydrogen) atoms. The minimum absolute atomic E-state index is 0.136. The van der Waals surface area contributed by atoms with E-state index in [4.69, 9.17) is 4.42 Å². The van der Waals surface area contributed by atoms with Gasteiger partial charge in [0.1, 0.15) is 0 Å². The molecule has 1 amide bonds. The van der Waals surface area contributed by atoms with Gasteiger partial charge in [0.15, 0.2) is 0 Å². The molecular weight excluding hydrogens is 474 g/mol. The molecule has 0 radical (unpaired) electrons. The van der Waals surface area contributed by atoms with E-state index in [0.717, 1.165) is 26.9 Å². The van der Waals surface area contributed by atoms with Gasteiger partial charge in [-0.3, -0.25) is 4.79 Å². The molecule has 156 valence electrons. The lowest BCUT2D eigenvalue weighted by atomic mass is 9.91. The Balaban J connectivity index is 1.46. The number of halogens is 1. The largest absolute Gasteiger partial charge is 0.415 e. The minimum Gasteiger partial charge on any atom is -0.415 e. The van der Waals surface area contributed by atoms with E-state index < -0.39 is 0 Å². The summed E-state index contributed by atoms with van der Waals surface area (Å²) in [7, 11) is 0. The minimum atomic E-state index is -0.164. The van der Waals surface area contributed by atoms with Crippen LogP contribution in [-0.2, 0) is 4.79 Å². The zero-order valence-corrected chi connectivity index (χ0v) is 19.2. The molecule has 0 saturated carbocycles. The highest BCUT2D eigenvalue weighted by Crippen LogP contribution is 2.32. The number of amides is 1. The molecule has 1 heterocycles. The van der Waals surface area contributed by atoms with E-state index in [-0.39, 0.29) is 17.6 Å². The summed E-state index contributed by atoms with van der Waals surface area (Å²) in [6.07, 6.45) is 0. The van der Waals surface area contributed by atoms with Crippen LogP contribution in [0.5, 0.6) is 0 Å². The van der Waals surface area contributed by atoms with Gasteiger partial charge >= 0.3 is 0 Å². The van der Waals surface area contributed by atoms with Crippen LogP contribution >= 0.6 is 27.7 Å². The lowest BCUT2D eigenvalue weighted by molar-refractivity contribution is -0.113. The number of benzene rings is 3. The molecule has 0 atom stereocenters. The Labute approximate surface area is 193 Å². The summed E-state index contributed by atoms with van der Waals surface area (Å²) in [6.45, 7) is 2.00. The van der Waals surface area contributed by atoms with Crippen LogP contribution in [0.4, 0.5) is 5.69 Å². The first-order valence-corrected chi connectivity index (χ1v) is 11.5. The van der Waals surface area contributed by atoms with Crippen molar-refractivity contribution in [2.75, 3.05) is 11.1 Å². The summed E-state index contributed by atoms with van der Waals surface area (Å²) in [5.41, 5.74) is 3.98. The van der Waals surface area contributed by atoms with Crippen molar-refractivity contribution in [2.45, 2.75) is 18.1 Å². The molecular formula is C24H20BrN3O2S. The van der Waals surface area contributed by atoms with Crippen molar-refractivity contribution in [1.82, 2.24) is 10.2 Å².